The van der Waals surface area contributed by atoms with E-state index >= 15 is 0 Å². The topological polar surface area (TPSA) is 92.3 Å². The van der Waals surface area contributed by atoms with Gasteiger partial charge in [-0.3, -0.25) is 4.79 Å². The molecule has 0 saturated heterocycles. The summed E-state index contributed by atoms with van der Waals surface area (Å²) in [7, 11) is 1.36. The maximum absolute atomic E-state index is 12.3. The maximum atomic E-state index is 12.3. The number of aromatic amines is 1. The normalized spacial score (nSPS) is 10.7. The molecule has 0 aliphatic carbocycles. The molecule has 1 aromatic heterocycles. The molecule has 0 saturated carbocycles. The highest BCUT2D eigenvalue weighted by Gasteiger charge is 2.14. The Morgan fingerprint density at radius 1 is 1.14 bits per heavy atom. The van der Waals surface area contributed by atoms with Crippen LogP contribution in [-0.4, -0.2) is 28.2 Å². The summed E-state index contributed by atoms with van der Waals surface area (Å²) in [5.41, 5.74) is 4.01. The van der Waals surface area contributed by atoms with Crippen LogP contribution in [0, 0.1) is 0 Å². The number of carbonyl (C=O) groups is 1. The van der Waals surface area contributed by atoms with Crippen molar-refractivity contribution < 1.29 is 14.6 Å². The Morgan fingerprint density at radius 2 is 1.86 bits per heavy atom. The minimum absolute atomic E-state index is 0.348. The van der Waals surface area contributed by atoms with Gasteiger partial charge < -0.3 is 14.8 Å². The smallest absolute Gasteiger partial charge is 0.338 e. The second-order valence-corrected chi connectivity index (χ2v) is 6.84. The first-order chi connectivity index (χ1) is 14.0. The van der Waals surface area contributed by atoms with Crippen molar-refractivity contribution >= 4 is 5.97 Å². The molecular formula is C23H24N2O4. The number of rotatable bonds is 7. The van der Waals surface area contributed by atoms with Crippen LogP contribution in [0.2, 0.25) is 0 Å². The lowest BCUT2D eigenvalue weighted by molar-refractivity contribution is 0.0601. The third-order valence-electron chi connectivity index (χ3n) is 4.85. The summed E-state index contributed by atoms with van der Waals surface area (Å²) in [4.78, 5) is 30.8. The van der Waals surface area contributed by atoms with Crippen molar-refractivity contribution in [1.82, 2.24) is 9.97 Å². The van der Waals surface area contributed by atoms with Gasteiger partial charge in [0.1, 0.15) is 0 Å². The van der Waals surface area contributed by atoms with Gasteiger partial charge in [0.2, 0.25) is 0 Å². The number of ether oxygens (including phenoxy) is 1. The van der Waals surface area contributed by atoms with E-state index in [2.05, 4.69) is 16.9 Å². The molecule has 0 spiro atoms. The third kappa shape index (κ3) is 4.71. The lowest BCUT2D eigenvalue weighted by atomic mass is 9.96. The van der Waals surface area contributed by atoms with E-state index in [0.29, 0.717) is 24.0 Å². The second-order valence-electron chi connectivity index (χ2n) is 6.84. The molecule has 3 aromatic rings. The first-order valence-electron chi connectivity index (χ1n) is 9.61. The zero-order chi connectivity index (χ0) is 20.8. The van der Waals surface area contributed by atoms with Gasteiger partial charge in [-0.05, 0) is 35.6 Å². The molecular weight excluding hydrogens is 368 g/mol. The molecule has 0 aliphatic heterocycles. The van der Waals surface area contributed by atoms with E-state index in [1.165, 1.54) is 7.11 Å². The maximum Gasteiger partial charge on any atom is 0.338 e. The number of benzene rings is 2. The molecule has 6 heteroatoms. The van der Waals surface area contributed by atoms with Crippen molar-refractivity contribution in [2.24, 2.45) is 0 Å². The molecule has 0 bridgehead atoms. The average molecular weight is 392 g/mol. The fourth-order valence-electron chi connectivity index (χ4n) is 3.31. The number of aryl methyl sites for hydroxylation is 1. The van der Waals surface area contributed by atoms with Gasteiger partial charge in [0, 0.05) is 17.7 Å². The van der Waals surface area contributed by atoms with Crippen LogP contribution < -0.4 is 5.56 Å². The van der Waals surface area contributed by atoms with E-state index in [4.69, 9.17) is 4.74 Å². The van der Waals surface area contributed by atoms with Crippen LogP contribution in [0.1, 0.15) is 46.9 Å². The molecule has 1 heterocycles. The molecule has 3 rings (SSSR count). The van der Waals surface area contributed by atoms with Gasteiger partial charge >= 0.3 is 5.97 Å². The Hall–Kier alpha value is -3.41. The number of carbonyl (C=O) groups excluding carboxylic acids is 1. The Balaban J connectivity index is 1.90. The summed E-state index contributed by atoms with van der Waals surface area (Å²) < 4.78 is 4.86. The van der Waals surface area contributed by atoms with Gasteiger partial charge in [0.15, 0.2) is 0 Å². The van der Waals surface area contributed by atoms with Gasteiger partial charge in [-0.1, -0.05) is 55.8 Å². The van der Waals surface area contributed by atoms with E-state index in [0.717, 1.165) is 35.2 Å². The number of unbranched alkanes of at least 4 members (excludes halogenated alkanes) is 1. The van der Waals surface area contributed by atoms with Crippen LogP contribution in [-0.2, 0) is 17.6 Å². The van der Waals surface area contributed by atoms with Gasteiger partial charge in [-0.25, -0.2) is 4.79 Å². The molecule has 150 valence electrons. The second kappa shape index (κ2) is 9.19. The van der Waals surface area contributed by atoms with Gasteiger partial charge in [-0.15, -0.1) is 0 Å². The Bertz CT molecular complexity index is 1060. The SMILES string of the molecule is CCCCc1[nH]c(O)nc(=O)c1Cc1ccc(-c2ccccc2C(=O)OC)cc1. The number of esters is 1. The highest BCUT2D eigenvalue weighted by molar-refractivity contribution is 5.97. The number of nitrogens with zero attached hydrogens (tertiary/aromatic N) is 1. The summed E-state index contributed by atoms with van der Waals surface area (Å²) in [5.74, 6) is -0.382. The summed E-state index contributed by atoms with van der Waals surface area (Å²) in [5, 5.41) is 9.63. The number of aromatic hydroxyl groups is 1. The van der Waals surface area contributed by atoms with Crippen LogP contribution in [0.15, 0.2) is 53.3 Å². The molecule has 0 unspecified atom stereocenters. The highest BCUT2D eigenvalue weighted by Crippen LogP contribution is 2.25. The number of hydrogen-bond donors (Lipinski definition) is 2. The predicted molar refractivity (Wildman–Crippen MR) is 111 cm³/mol. The number of nitrogens with one attached hydrogen (secondary N) is 1. The Kier molecular flexibility index (Phi) is 6.44. The summed E-state index contributed by atoms with van der Waals surface area (Å²) in [6.45, 7) is 2.07. The van der Waals surface area contributed by atoms with Crippen molar-refractivity contribution in [3.8, 4) is 17.1 Å². The van der Waals surface area contributed by atoms with Crippen molar-refractivity contribution in [2.75, 3.05) is 7.11 Å². The fourth-order valence-corrected chi connectivity index (χ4v) is 3.31. The third-order valence-corrected chi connectivity index (χ3v) is 4.85. The predicted octanol–water partition coefficient (Wildman–Crippen LogP) is 3.86. The first kappa shape index (κ1) is 20.3. The standard InChI is InChI=1S/C23H24N2O4/c1-3-4-9-20-19(21(26)25-23(28)24-20)14-15-10-12-16(13-11-15)17-7-5-6-8-18(17)22(27)29-2/h5-8,10-13H,3-4,9,14H2,1-2H3,(H2,24,25,26,28). The fraction of sp³-hybridized carbons (Fsp3) is 0.261. The van der Waals surface area contributed by atoms with Crippen LogP contribution in [0.3, 0.4) is 0 Å². The number of methoxy groups -OCH3 is 1. The minimum Gasteiger partial charge on any atom is -0.480 e. The van der Waals surface area contributed by atoms with Crippen LogP contribution >= 0.6 is 0 Å². The largest absolute Gasteiger partial charge is 0.480 e. The zero-order valence-corrected chi connectivity index (χ0v) is 16.6. The lowest BCUT2D eigenvalue weighted by Gasteiger charge is -2.11. The van der Waals surface area contributed by atoms with Gasteiger partial charge in [-0.2, -0.15) is 4.98 Å². The summed E-state index contributed by atoms with van der Waals surface area (Å²) in [6.07, 6.45) is 3.00. The molecule has 2 N–H and O–H groups in total. The molecule has 6 nitrogen and oxygen atoms in total. The highest BCUT2D eigenvalue weighted by atomic mass is 16.5. The van der Waals surface area contributed by atoms with E-state index in [9.17, 15) is 14.7 Å². The van der Waals surface area contributed by atoms with E-state index in [1.807, 2.05) is 36.4 Å². The number of hydrogen-bond acceptors (Lipinski definition) is 5. The number of aromatic nitrogens is 2. The molecule has 2 aromatic carbocycles. The van der Waals surface area contributed by atoms with Crippen molar-refractivity contribution in [2.45, 2.75) is 32.6 Å². The van der Waals surface area contributed by atoms with Gasteiger partial charge in [0.05, 0.1) is 12.7 Å². The molecule has 29 heavy (non-hydrogen) atoms. The average Bonchev–Trinajstić information content (AvgIpc) is 2.74. The monoisotopic (exact) mass is 392 g/mol. The Morgan fingerprint density at radius 3 is 2.55 bits per heavy atom. The van der Waals surface area contributed by atoms with E-state index < -0.39 is 5.56 Å². The zero-order valence-electron chi connectivity index (χ0n) is 16.6. The minimum atomic E-state index is -0.410. The molecule has 0 radical (unpaired) electrons. The van der Waals surface area contributed by atoms with Crippen LogP contribution in [0.4, 0.5) is 0 Å². The first-order valence-corrected chi connectivity index (χ1v) is 9.61. The van der Waals surface area contributed by atoms with Crippen molar-refractivity contribution in [3.05, 3.63) is 81.3 Å². The Labute approximate surface area is 169 Å². The van der Waals surface area contributed by atoms with E-state index in [1.54, 1.807) is 12.1 Å². The van der Waals surface area contributed by atoms with Crippen molar-refractivity contribution in [3.63, 3.8) is 0 Å². The number of H-pyrrole nitrogens is 1. The quantitative estimate of drug-likeness (QED) is 0.596. The van der Waals surface area contributed by atoms with Crippen molar-refractivity contribution in [1.29, 1.82) is 0 Å². The molecule has 0 amide bonds. The lowest BCUT2D eigenvalue weighted by Crippen LogP contribution is -2.18. The summed E-state index contributed by atoms with van der Waals surface area (Å²) in [6, 6.07) is 14.6. The van der Waals surface area contributed by atoms with Crippen LogP contribution in [0.25, 0.3) is 11.1 Å². The van der Waals surface area contributed by atoms with Gasteiger partial charge in [0.25, 0.3) is 11.6 Å². The molecule has 0 aliphatic rings. The van der Waals surface area contributed by atoms with Crippen LogP contribution in [0.5, 0.6) is 6.01 Å². The van der Waals surface area contributed by atoms with E-state index in [-0.39, 0.29) is 12.0 Å². The summed E-state index contributed by atoms with van der Waals surface area (Å²) >= 11 is 0. The molecule has 0 fully saturated rings. The molecule has 0 atom stereocenters.